The van der Waals surface area contributed by atoms with Crippen molar-refractivity contribution in [1.29, 1.82) is 0 Å². The summed E-state index contributed by atoms with van der Waals surface area (Å²) in [6.45, 7) is 5.37. The number of rotatable bonds is 3. The fraction of sp³-hybridized carbons (Fsp3) is 0.938. The zero-order chi connectivity index (χ0) is 13.9. The molecule has 3 atom stereocenters. The SMILES string of the molecule is CC1CCC(N)CC1C(=O)NCC1(C)CCCCC1. The number of amides is 1. The molecule has 2 saturated carbocycles. The highest BCUT2D eigenvalue weighted by atomic mass is 16.1. The Morgan fingerprint density at radius 1 is 1.26 bits per heavy atom. The van der Waals surface area contributed by atoms with Crippen LogP contribution < -0.4 is 11.1 Å². The molecule has 0 aliphatic heterocycles. The average molecular weight is 266 g/mol. The van der Waals surface area contributed by atoms with Crippen molar-refractivity contribution >= 4 is 5.91 Å². The van der Waals surface area contributed by atoms with Crippen molar-refractivity contribution in [2.75, 3.05) is 6.54 Å². The maximum Gasteiger partial charge on any atom is 0.223 e. The van der Waals surface area contributed by atoms with Crippen LogP contribution in [-0.2, 0) is 4.79 Å². The van der Waals surface area contributed by atoms with Crippen molar-refractivity contribution in [3.8, 4) is 0 Å². The molecule has 0 aromatic carbocycles. The van der Waals surface area contributed by atoms with Gasteiger partial charge < -0.3 is 11.1 Å². The molecule has 2 rings (SSSR count). The highest BCUT2D eigenvalue weighted by molar-refractivity contribution is 5.79. The van der Waals surface area contributed by atoms with Crippen molar-refractivity contribution in [2.45, 2.75) is 71.3 Å². The average Bonchev–Trinajstić information content (AvgIpc) is 2.40. The lowest BCUT2D eigenvalue weighted by Crippen LogP contribution is -2.45. The van der Waals surface area contributed by atoms with E-state index in [1.807, 2.05) is 0 Å². The van der Waals surface area contributed by atoms with Gasteiger partial charge in [-0.05, 0) is 43.4 Å². The predicted molar refractivity (Wildman–Crippen MR) is 78.7 cm³/mol. The van der Waals surface area contributed by atoms with E-state index in [0.29, 0.717) is 11.3 Å². The van der Waals surface area contributed by atoms with Crippen LogP contribution in [0.25, 0.3) is 0 Å². The van der Waals surface area contributed by atoms with Crippen LogP contribution in [0.1, 0.15) is 65.2 Å². The second-order valence-corrected chi connectivity index (χ2v) is 7.25. The summed E-state index contributed by atoms with van der Waals surface area (Å²) in [6.07, 6.45) is 9.54. The smallest absolute Gasteiger partial charge is 0.223 e. The number of nitrogens with two attached hydrogens (primary N) is 1. The van der Waals surface area contributed by atoms with E-state index in [9.17, 15) is 4.79 Å². The van der Waals surface area contributed by atoms with E-state index in [0.717, 1.165) is 25.8 Å². The maximum absolute atomic E-state index is 12.4. The van der Waals surface area contributed by atoms with Crippen molar-refractivity contribution < 1.29 is 4.79 Å². The van der Waals surface area contributed by atoms with Crippen molar-refractivity contribution in [3.63, 3.8) is 0 Å². The van der Waals surface area contributed by atoms with Crippen LogP contribution in [0.15, 0.2) is 0 Å². The standard InChI is InChI=1S/C16H30N2O/c1-12-6-7-13(17)10-14(12)15(19)18-11-16(2)8-4-3-5-9-16/h12-14H,3-11,17H2,1-2H3,(H,18,19). The molecule has 0 heterocycles. The summed E-state index contributed by atoms with van der Waals surface area (Å²) in [7, 11) is 0. The lowest BCUT2D eigenvalue weighted by Gasteiger charge is -2.36. The molecule has 3 N–H and O–H groups in total. The van der Waals surface area contributed by atoms with Crippen LogP contribution in [0.3, 0.4) is 0 Å². The van der Waals surface area contributed by atoms with Crippen LogP contribution in [-0.4, -0.2) is 18.5 Å². The molecule has 0 bridgehead atoms. The zero-order valence-corrected chi connectivity index (χ0v) is 12.6. The van der Waals surface area contributed by atoms with Gasteiger partial charge >= 0.3 is 0 Å². The van der Waals surface area contributed by atoms with Gasteiger partial charge in [0.25, 0.3) is 0 Å². The van der Waals surface area contributed by atoms with Crippen LogP contribution in [0.2, 0.25) is 0 Å². The van der Waals surface area contributed by atoms with Crippen LogP contribution >= 0.6 is 0 Å². The molecular formula is C16H30N2O. The summed E-state index contributed by atoms with van der Waals surface area (Å²) in [5.41, 5.74) is 6.34. The van der Waals surface area contributed by atoms with Gasteiger partial charge in [-0.2, -0.15) is 0 Å². The quantitative estimate of drug-likeness (QED) is 0.825. The molecule has 0 saturated heterocycles. The molecule has 3 nitrogen and oxygen atoms in total. The monoisotopic (exact) mass is 266 g/mol. The Balaban J connectivity index is 1.83. The summed E-state index contributed by atoms with van der Waals surface area (Å²) in [6, 6.07) is 0.220. The van der Waals surface area contributed by atoms with Gasteiger partial charge in [-0.3, -0.25) is 4.79 Å². The zero-order valence-electron chi connectivity index (χ0n) is 12.6. The Hall–Kier alpha value is -0.570. The lowest BCUT2D eigenvalue weighted by atomic mass is 9.75. The van der Waals surface area contributed by atoms with E-state index >= 15 is 0 Å². The van der Waals surface area contributed by atoms with Crippen LogP contribution in [0, 0.1) is 17.3 Å². The molecule has 3 unspecified atom stereocenters. The van der Waals surface area contributed by atoms with Crippen molar-refractivity contribution in [1.82, 2.24) is 5.32 Å². The number of carbonyl (C=O) groups is 1. The third-order valence-electron chi connectivity index (χ3n) is 5.32. The summed E-state index contributed by atoms with van der Waals surface area (Å²) in [5.74, 6) is 0.865. The van der Waals surface area contributed by atoms with E-state index in [1.165, 1.54) is 32.1 Å². The van der Waals surface area contributed by atoms with Gasteiger partial charge in [-0.25, -0.2) is 0 Å². The molecule has 0 spiro atoms. The Labute approximate surface area is 117 Å². The molecular weight excluding hydrogens is 236 g/mol. The minimum Gasteiger partial charge on any atom is -0.355 e. The molecule has 3 heteroatoms. The normalized spacial score (nSPS) is 34.8. The molecule has 110 valence electrons. The van der Waals surface area contributed by atoms with E-state index in [4.69, 9.17) is 5.73 Å². The van der Waals surface area contributed by atoms with E-state index in [-0.39, 0.29) is 17.9 Å². The number of carbonyl (C=O) groups excluding carboxylic acids is 1. The molecule has 0 aromatic heterocycles. The fourth-order valence-corrected chi connectivity index (χ4v) is 3.73. The minimum atomic E-state index is 0.135. The molecule has 0 radical (unpaired) electrons. The minimum absolute atomic E-state index is 0.135. The third-order valence-corrected chi connectivity index (χ3v) is 5.32. The summed E-state index contributed by atoms with van der Waals surface area (Å²) in [4.78, 5) is 12.4. The second kappa shape index (κ2) is 6.25. The molecule has 2 aliphatic rings. The number of hydrogen-bond acceptors (Lipinski definition) is 2. The Morgan fingerprint density at radius 3 is 2.63 bits per heavy atom. The van der Waals surface area contributed by atoms with Crippen LogP contribution in [0.5, 0.6) is 0 Å². The van der Waals surface area contributed by atoms with Gasteiger partial charge in [0.15, 0.2) is 0 Å². The Bertz CT molecular complexity index is 310. The number of hydrogen-bond donors (Lipinski definition) is 2. The number of nitrogens with one attached hydrogen (secondary N) is 1. The fourth-order valence-electron chi connectivity index (χ4n) is 3.73. The Kier molecular flexibility index (Phi) is 4.88. The topological polar surface area (TPSA) is 55.1 Å². The highest BCUT2D eigenvalue weighted by Crippen LogP contribution is 2.35. The largest absolute Gasteiger partial charge is 0.355 e. The summed E-state index contributed by atoms with van der Waals surface area (Å²) < 4.78 is 0. The lowest BCUT2D eigenvalue weighted by molar-refractivity contribution is -0.128. The molecule has 19 heavy (non-hydrogen) atoms. The maximum atomic E-state index is 12.4. The summed E-state index contributed by atoms with van der Waals surface area (Å²) in [5, 5.41) is 3.22. The Morgan fingerprint density at radius 2 is 1.95 bits per heavy atom. The second-order valence-electron chi connectivity index (χ2n) is 7.25. The van der Waals surface area contributed by atoms with Crippen molar-refractivity contribution in [2.24, 2.45) is 23.0 Å². The third kappa shape index (κ3) is 3.95. The van der Waals surface area contributed by atoms with E-state index < -0.39 is 0 Å². The first-order chi connectivity index (χ1) is 9.00. The molecule has 2 aliphatic carbocycles. The molecule has 0 aromatic rings. The highest BCUT2D eigenvalue weighted by Gasteiger charge is 2.33. The predicted octanol–water partition coefficient (Wildman–Crippen LogP) is 2.84. The van der Waals surface area contributed by atoms with Crippen molar-refractivity contribution in [3.05, 3.63) is 0 Å². The van der Waals surface area contributed by atoms with Crippen LogP contribution in [0.4, 0.5) is 0 Å². The van der Waals surface area contributed by atoms with Gasteiger partial charge in [0.05, 0.1) is 0 Å². The van der Waals surface area contributed by atoms with E-state index in [1.54, 1.807) is 0 Å². The van der Waals surface area contributed by atoms with Gasteiger partial charge in [0, 0.05) is 18.5 Å². The first-order valence-electron chi connectivity index (χ1n) is 8.03. The van der Waals surface area contributed by atoms with Gasteiger partial charge in [-0.15, -0.1) is 0 Å². The molecule has 2 fully saturated rings. The van der Waals surface area contributed by atoms with Gasteiger partial charge in [0.2, 0.25) is 5.91 Å². The van der Waals surface area contributed by atoms with Gasteiger partial charge in [0.1, 0.15) is 0 Å². The first-order valence-corrected chi connectivity index (χ1v) is 8.03. The first kappa shape index (κ1) is 14.8. The summed E-state index contributed by atoms with van der Waals surface area (Å²) >= 11 is 0. The van der Waals surface area contributed by atoms with Gasteiger partial charge in [-0.1, -0.05) is 33.1 Å². The van der Waals surface area contributed by atoms with E-state index in [2.05, 4.69) is 19.2 Å². The molecule has 1 amide bonds.